The van der Waals surface area contributed by atoms with Gasteiger partial charge in [-0.2, -0.15) is 0 Å². The highest BCUT2D eigenvalue weighted by atomic mass is 16.4. The molecule has 0 aliphatic carbocycles. The van der Waals surface area contributed by atoms with Crippen molar-refractivity contribution in [2.75, 3.05) is 19.6 Å². The Labute approximate surface area is 110 Å². The third kappa shape index (κ3) is 2.56. The fraction of sp³-hybridized carbons (Fsp3) is 0.750. The molecule has 0 aromatic heterocycles. The Morgan fingerprint density at radius 3 is 2.58 bits per heavy atom. The number of aliphatic hydroxyl groups excluding tert-OH is 1. The first-order chi connectivity index (χ1) is 8.93. The van der Waals surface area contributed by atoms with E-state index in [1.165, 1.54) is 4.90 Å². The molecule has 2 rings (SSSR count). The molecule has 2 aliphatic heterocycles. The number of amides is 2. The van der Waals surface area contributed by atoms with Gasteiger partial charge < -0.3 is 20.0 Å². The third-order valence-corrected chi connectivity index (χ3v) is 3.79. The van der Waals surface area contributed by atoms with Crippen LogP contribution in [0.4, 0.5) is 0 Å². The zero-order valence-corrected chi connectivity index (χ0v) is 10.8. The summed E-state index contributed by atoms with van der Waals surface area (Å²) in [6.45, 7) is 2.76. The molecular formula is C12H18N2O5. The maximum atomic E-state index is 12.3. The molecule has 0 bridgehead atoms. The van der Waals surface area contributed by atoms with Crippen LogP contribution in [0, 0.1) is 5.92 Å². The number of aliphatic hydroxyl groups is 1. The molecule has 7 nitrogen and oxygen atoms in total. The highest BCUT2D eigenvalue weighted by molar-refractivity contribution is 5.91. The van der Waals surface area contributed by atoms with Gasteiger partial charge >= 0.3 is 5.97 Å². The summed E-state index contributed by atoms with van der Waals surface area (Å²) < 4.78 is 0. The molecule has 7 heteroatoms. The predicted molar refractivity (Wildman–Crippen MR) is 64.1 cm³/mol. The Hall–Kier alpha value is -1.63. The van der Waals surface area contributed by atoms with Gasteiger partial charge in [-0.25, -0.2) is 4.79 Å². The van der Waals surface area contributed by atoms with E-state index in [2.05, 4.69) is 0 Å². The second-order valence-electron chi connectivity index (χ2n) is 5.07. The van der Waals surface area contributed by atoms with Crippen molar-refractivity contribution in [2.24, 2.45) is 5.92 Å². The van der Waals surface area contributed by atoms with E-state index in [1.54, 1.807) is 4.90 Å². The predicted octanol–water partition coefficient (Wildman–Crippen LogP) is -1.10. The van der Waals surface area contributed by atoms with Crippen molar-refractivity contribution in [3.63, 3.8) is 0 Å². The molecule has 2 saturated heterocycles. The second kappa shape index (κ2) is 5.16. The van der Waals surface area contributed by atoms with Crippen molar-refractivity contribution >= 4 is 17.8 Å². The molecule has 106 valence electrons. The largest absolute Gasteiger partial charge is 0.480 e. The van der Waals surface area contributed by atoms with E-state index >= 15 is 0 Å². The SMILES string of the molecule is CCN1CC(C(=O)N2C[C@H](O)C[C@H]2C(=O)O)CC1=O. The molecule has 3 atom stereocenters. The van der Waals surface area contributed by atoms with Gasteiger partial charge in [-0.05, 0) is 6.92 Å². The molecule has 2 fully saturated rings. The van der Waals surface area contributed by atoms with Crippen LogP contribution < -0.4 is 0 Å². The lowest BCUT2D eigenvalue weighted by atomic mass is 10.1. The summed E-state index contributed by atoms with van der Waals surface area (Å²) in [5.74, 6) is -2.01. The monoisotopic (exact) mass is 270 g/mol. The Balaban J connectivity index is 2.07. The van der Waals surface area contributed by atoms with Crippen LogP contribution in [-0.4, -0.2) is 69.6 Å². The lowest BCUT2D eigenvalue weighted by Crippen LogP contribution is -2.44. The van der Waals surface area contributed by atoms with Crippen LogP contribution in [0.25, 0.3) is 0 Å². The molecule has 0 radical (unpaired) electrons. The number of carbonyl (C=O) groups excluding carboxylic acids is 2. The third-order valence-electron chi connectivity index (χ3n) is 3.79. The molecule has 2 heterocycles. The maximum Gasteiger partial charge on any atom is 0.326 e. The first-order valence-electron chi connectivity index (χ1n) is 6.43. The van der Waals surface area contributed by atoms with E-state index < -0.39 is 24.0 Å². The summed E-state index contributed by atoms with van der Waals surface area (Å²) in [4.78, 5) is 37.8. The number of likely N-dealkylation sites (tertiary alicyclic amines) is 2. The van der Waals surface area contributed by atoms with E-state index in [1.807, 2.05) is 6.92 Å². The fourth-order valence-electron chi connectivity index (χ4n) is 2.77. The summed E-state index contributed by atoms with van der Waals surface area (Å²) in [6, 6.07) is -0.978. The number of hydrogen-bond donors (Lipinski definition) is 2. The summed E-state index contributed by atoms with van der Waals surface area (Å²) in [5.41, 5.74) is 0. The highest BCUT2D eigenvalue weighted by Gasteiger charge is 2.43. The lowest BCUT2D eigenvalue weighted by Gasteiger charge is -2.24. The highest BCUT2D eigenvalue weighted by Crippen LogP contribution is 2.25. The standard InChI is InChI=1S/C12H18N2O5/c1-2-13-5-7(3-10(13)16)11(17)14-6-8(15)4-9(14)12(18)19/h7-9,15H,2-6H2,1H3,(H,18,19)/t7?,8-,9+/m1/s1. The molecule has 0 aromatic rings. The molecule has 2 amide bonds. The number of carbonyl (C=O) groups is 3. The molecule has 19 heavy (non-hydrogen) atoms. The number of aliphatic carboxylic acids is 1. The van der Waals surface area contributed by atoms with Gasteiger partial charge in [-0.15, -0.1) is 0 Å². The minimum Gasteiger partial charge on any atom is -0.480 e. The maximum absolute atomic E-state index is 12.3. The van der Waals surface area contributed by atoms with Crippen molar-refractivity contribution in [2.45, 2.75) is 31.9 Å². The number of carboxylic acids is 1. The van der Waals surface area contributed by atoms with Crippen molar-refractivity contribution < 1.29 is 24.6 Å². The van der Waals surface area contributed by atoms with Crippen LogP contribution in [0.5, 0.6) is 0 Å². The Morgan fingerprint density at radius 2 is 2.05 bits per heavy atom. The number of rotatable bonds is 3. The average molecular weight is 270 g/mol. The van der Waals surface area contributed by atoms with Gasteiger partial charge in [0.15, 0.2) is 0 Å². The van der Waals surface area contributed by atoms with Crippen molar-refractivity contribution in [3.8, 4) is 0 Å². The van der Waals surface area contributed by atoms with Gasteiger partial charge in [-0.3, -0.25) is 9.59 Å². The molecule has 2 N–H and O–H groups in total. The molecule has 2 aliphatic rings. The van der Waals surface area contributed by atoms with Gasteiger partial charge in [0.2, 0.25) is 11.8 Å². The topological polar surface area (TPSA) is 98.2 Å². The summed E-state index contributed by atoms with van der Waals surface area (Å²) in [7, 11) is 0. The minimum absolute atomic E-state index is 0.0343. The Bertz CT molecular complexity index is 411. The minimum atomic E-state index is -1.11. The molecule has 1 unspecified atom stereocenters. The number of β-amino-alcohol motifs (C(OH)–C–C–N with tert-alkyl or cyclic N) is 1. The first kappa shape index (κ1) is 13.8. The molecule has 0 aromatic carbocycles. The van der Waals surface area contributed by atoms with Crippen LogP contribution in [-0.2, 0) is 14.4 Å². The second-order valence-corrected chi connectivity index (χ2v) is 5.07. The molecule has 0 saturated carbocycles. The van der Waals surface area contributed by atoms with Gasteiger partial charge in [-0.1, -0.05) is 0 Å². The normalized spacial score (nSPS) is 31.1. The zero-order chi connectivity index (χ0) is 14.2. The van der Waals surface area contributed by atoms with Crippen molar-refractivity contribution in [1.82, 2.24) is 9.80 Å². The van der Waals surface area contributed by atoms with Gasteiger partial charge in [0, 0.05) is 32.5 Å². The Kier molecular flexibility index (Phi) is 3.75. The van der Waals surface area contributed by atoms with Crippen LogP contribution >= 0.6 is 0 Å². The van der Waals surface area contributed by atoms with Crippen molar-refractivity contribution in [1.29, 1.82) is 0 Å². The van der Waals surface area contributed by atoms with Crippen molar-refractivity contribution in [3.05, 3.63) is 0 Å². The van der Waals surface area contributed by atoms with E-state index in [0.29, 0.717) is 13.1 Å². The summed E-state index contributed by atoms with van der Waals surface area (Å²) >= 11 is 0. The van der Waals surface area contributed by atoms with Crippen LogP contribution in [0.2, 0.25) is 0 Å². The van der Waals surface area contributed by atoms with Crippen LogP contribution in [0.3, 0.4) is 0 Å². The van der Waals surface area contributed by atoms with Gasteiger partial charge in [0.05, 0.1) is 12.0 Å². The zero-order valence-electron chi connectivity index (χ0n) is 10.8. The number of nitrogens with zero attached hydrogens (tertiary/aromatic N) is 2. The van der Waals surface area contributed by atoms with Gasteiger partial charge in [0.25, 0.3) is 0 Å². The number of carboxylic acid groups (broad SMARTS) is 1. The summed E-state index contributed by atoms with van der Waals surface area (Å²) in [6.07, 6.45) is -0.616. The quantitative estimate of drug-likeness (QED) is 0.678. The van der Waals surface area contributed by atoms with E-state index in [4.69, 9.17) is 5.11 Å². The smallest absolute Gasteiger partial charge is 0.326 e. The van der Waals surface area contributed by atoms with Gasteiger partial charge in [0.1, 0.15) is 6.04 Å². The average Bonchev–Trinajstić information content (AvgIpc) is 2.91. The van der Waals surface area contributed by atoms with E-state index in [9.17, 15) is 19.5 Å². The fourth-order valence-corrected chi connectivity index (χ4v) is 2.77. The molecule has 0 spiro atoms. The van der Waals surface area contributed by atoms with Crippen LogP contribution in [0.1, 0.15) is 19.8 Å². The Morgan fingerprint density at radius 1 is 1.37 bits per heavy atom. The molecular weight excluding hydrogens is 252 g/mol. The first-order valence-corrected chi connectivity index (χ1v) is 6.43. The van der Waals surface area contributed by atoms with Crippen LogP contribution in [0.15, 0.2) is 0 Å². The van der Waals surface area contributed by atoms with E-state index in [-0.39, 0.29) is 31.2 Å². The number of hydrogen-bond acceptors (Lipinski definition) is 4. The lowest BCUT2D eigenvalue weighted by molar-refractivity contribution is -0.149. The summed E-state index contributed by atoms with van der Waals surface area (Å²) in [5, 5.41) is 18.6. The van der Waals surface area contributed by atoms with E-state index in [0.717, 1.165) is 0 Å².